The summed E-state index contributed by atoms with van der Waals surface area (Å²) in [4.78, 5) is 0. The van der Waals surface area contributed by atoms with Crippen LogP contribution in [0.5, 0.6) is 0 Å². The van der Waals surface area contributed by atoms with Gasteiger partial charge in [0.15, 0.2) is 0 Å². The molecule has 0 aliphatic heterocycles. The van der Waals surface area contributed by atoms with Crippen LogP contribution in [0.4, 0.5) is 11.4 Å². The molecule has 0 bridgehead atoms. The number of aromatic nitrogens is 1. The molecular weight excluding hydrogens is 226 g/mol. The highest BCUT2D eigenvalue weighted by molar-refractivity contribution is 5.90. The predicted octanol–water partition coefficient (Wildman–Crippen LogP) is 1.81. The van der Waals surface area contributed by atoms with Gasteiger partial charge in [-0.1, -0.05) is 0 Å². The van der Waals surface area contributed by atoms with E-state index in [9.17, 15) is 0 Å². The molecule has 0 aliphatic rings. The van der Waals surface area contributed by atoms with Crippen molar-refractivity contribution >= 4 is 33.2 Å². The van der Waals surface area contributed by atoms with Gasteiger partial charge in [-0.05, 0) is 30.3 Å². The van der Waals surface area contributed by atoms with E-state index in [1.165, 1.54) is 10.8 Å². The average molecular weight is 241 g/mol. The molecular formula is C14H15N3O. The minimum Gasteiger partial charge on any atom is -0.870 e. The summed E-state index contributed by atoms with van der Waals surface area (Å²) in [6.07, 6.45) is 0. The van der Waals surface area contributed by atoms with Gasteiger partial charge in [0.05, 0.1) is 0 Å². The Labute approximate surface area is 105 Å². The van der Waals surface area contributed by atoms with Crippen molar-refractivity contribution in [1.82, 2.24) is 0 Å². The van der Waals surface area contributed by atoms with Gasteiger partial charge in [-0.15, -0.1) is 0 Å². The summed E-state index contributed by atoms with van der Waals surface area (Å²) in [5, 5.41) is 2.36. The quantitative estimate of drug-likeness (QED) is 0.357. The molecule has 0 fully saturated rings. The maximum Gasteiger partial charge on any atom is 0.214 e. The van der Waals surface area contributed by atoms with Gasteiger partial charge in [-0.3, -0.25) is 0 Å². The molecule has 0 saturated carbocycles. The van der Waals surface area contributed by atoms with Crippen molar-refractivity contribution < 1.29 is 10.0 Å². The number of fused-ring (bicyclic) bond motifs is 2. The molecule has 0 atom stereocenters. The van der Waals surface area contributed by atoms with Crippen LogP contribution in [0.15, 0.2) is 42.5 Å². The molecule has 1 heterocycles. The molecule has 92 valence electrons. The lowest BCUT2D eigenvalue weighted by Crippen LogP contribution is -2.30. The van der Waals surface area contributed by atoms with Crippen LogP contribution in [0, 0.1) is 0 Å². The summed E-state index contributed by atoms with van der Waals surface area (Å²) in [5.74, 6) is 0. The fourth-order valence-corrected chi connectivity index (χ4v) is 2.24. The van der Waals surface area contributed by atoms with Crippen LogP contribution in [0.3, 0.4) is 0 Å². The van der Waals surface area contributed by atoms with E-state index in [1.807, 2.05) is 43.4 Å². The molecule has 0 spiro atoms. The summed E-state index contributed by atoms with van der Waals surface area (Å²) in [5.41, 5.74) is 15.4. The lowest BCUT2D eigenvalue weighted by atomic mass is 10.1. The molecule has 4 nitrogen and oxygen atoms in total. The molecule has 5 N–H and O–H groups in total. The Morgan fingerprint density at radius 3 is 1.67 bits per heavy atom. The number of rotatable bonds is 0. The summed E-state index contributed by atoms with van der Waals surface area (Å²) in [6.45, 7) is 0. The summed E-state index contributed by atoms with van der Waals surface area (Å²) >= 11 is 0. The summed E-state index contributed by atoms with van der Waals surface area (Å²) in [6, 6.07) is 14.1. The van der Waals surface area contributed by atoms with Gasteiger partial charge in [0.2, 0.25) is 11.0 Å². The van der Waals surface area contributed by atoms with Crippen molar-refractivity contribution in [3.05, 3.63) is 42.5 Å². The van der Waals surface area contributed by atoms with Crippen molar-refractivity contribution in [2.45, 2.75) is 0 Å². The van der Waals surface area contributed by atoms with Crippen LogP contribution < -0.4 is 16.0 Å². The second-order valence-corrected chi connectivity index (χ2v) is 4.34. The molecule has 0 unspecified atom stereocenters. The highest BCUT2D eigenvalue weighted by Crippen LogP contribution is 2.21. The van der Waals surface area contributed by atoms with Gasteiger partial charge in [-0.2, -0.15) is 4.57 Å². The third kappa shape index (κ3) is 1.72. The maximum absolute atomic E-state index is 5.83. The zero-order valence-electron chi connectivity index (χ0n) is 10.1. The predicted molar refractivity (Wildman–Crippen MR) is 73.4 cm³/mol. The zero-order valence-corrected chi connectivity index (χ0v) is 10.1. The number of anilines is 2. The molecule has 1 aromatic heterocycles. The van der Waals surface area contributed by atoms with Gasteiger partial charge in [-0.25, -0.2) is 0 Å². The van der Waals surface area contributed by atoms with Crippen molar-refractivity contribution in [2.24, 2.45) is 7.05 Å². The van der Waals surface area contributed by atoms with E-state index in [1.54, 1.807) is 0 Å². The van der Waals surface area contributed by atoms with Crippen molar-refractivity contribution in [2.75, 3.05) is 11.5 Å². The topological polar surface area (TPSA) is 85.9 Å². The van der Waals surface area contributed by atoms with Crippen LogP contribution in [0.25, 0.3) is 21.8 Å². The Kier molecular flexibility index (Phi) is 2.80. The molecule has 0 aliphatic carbocycles. The number of hydrogen-bond acceptors (Lipinski definition) is 3. The molecule has 0 radical (unpaired) electrons. The van der Waals surface area contributed by atoms with Gasteiger partial charge < -0.3 is 16.9 Å². The Hall–Kier alpha value is -2.33. The summed E-state index contributed by atoms with van der Waals surface area (Å²) < 4.78 is 2.12. The first kappa shape index (κ1) is 12.1. The van der Waals surface area contributed by atoms with Gasteiger partial charge in [0.1, 0.15) is 7.05 Å². The number of pyridine rings is 1. The van der Waals surface area contributed by atoms with Crippen LogP contribution >= 0.6 is 0 Å². The van der Waals surface area contributed by atoms with E-state index in [4.69, 9.17) is 11.5 Å². The minimum absolute atomic E-state index is 0. The Balaban J connectivity index is 0.00000120. The van der Waals surface area contributed by atoms with Crippen LogP contribution in [0.1, 0.15) is 0 Å². The Morgan fingerprint density at radius 2 is 1.22 bits per heavy atom. The number of nitrogens with two attached hydrogens (primary N) is 2. The maximum atomic E-state index is 5.83. The molecule has 3 rings (SSSR count). The van der Waals surface area contributed by atoms with E-state index >= 15 is 0 Å². The van der Waals surface area contributed by atoms with E-state index < -0.39 is 0 Å². The van der Waals surface area contributed by atoms with Crippen molar-refractivity contribution in [3.8, 4) is 0 Å². The molecule has 0 saturated heterocycles. The SMILES string of the molecule is C[n+]1c2cc(N)ccc2cc2ccc(N)cc21.[OH-]. The van der Waals surface area contributed by atoms with E-state index in [-0.39, 0.29) is 5.48 Å². The first-order chi connectivity index (χ1) is 8.15. The molecule has 0 amide bonds. The number of nitrogen functional groups attached to an aromatic ring is 2. The normalized spacial score (nSPS) is 10.5. The smallest absolute Gasteiger partial charge is 0.214 e. The second kappa shape index (κ2) is 4.16. The molecule has 18 heavy (non-hydrogen) atoms. The Bertz CT molecular complexity index is 678. The largest absolute Gasteiger partial charge is 0.870 e. The Morgan fingerprint density at radius 1 is 0.778 bits per heavy atom. The third-order valence-corrected chi connectivity index (χ3v) is 3.14. The first-order valence-corrected chi connectivity index (χ1v) is 5.53. The highest BCUT2D eigenvalue weighted by Gasteiger charge is 2.11. The van der Waals surface area contributed by atoms with Crippen LogP contribution in [0.2, 0.25) is 0 Å². The fourth-order valence-electron chi connectivity index (χ4n) is 2.24. The lowest BCUT2D eigenvalue weighted by molar-refractivity contribution is -0.617. The van der Waals surface area contributed by atoms with Crippen molar-refractivity contribution in [1.29, 1.82) is 0 Å². The number of nitrogens with zero attached hydrogens (tertiary/aromatic N) is 1. The average Bonchev–Trinajstić information content (AvgIpc) is 2.32. The first-order valence-electron chi connectivity index (χ1n) is 5.53. The van der Waals surface area contributed by atoms with Gasteiger partial charge in [0.25, 0.3) is 0 Å². The number of benzene rings is 2. The van der Waals surface area contributed by atoms with Gasteiger partial charge in [0, 0.05) is 34.3 Å². The van der Waals surface area contributed by atoms with Gasteiger partial charge >= 0.3 is 0 Å². The third-order valence-electron chi connectivity index (χ3n) is 3.14. The van der Waals surface area contributed by atoms with E-state index in [2.05, 4.69) is 10.6 Å². The number of aryl methyl sites for hydroxylation is 1. The minimum atomic E-state index is 0. The van der Waals surface area contributed by atoms with Crippen LogP contribution in [-0.2, 0) is 7.05 Å². The highest BCUT2D eigenvalue weighted by atomic mass is 16.0. The standard InChI is InChI=1S/C14H13N3.H2O/c1-17-13-7-11(15)4-2-9(13)6-10-3-5-12(16)8-14(10)17;/h2-8H,1H3,(H3,15,16);1H2. The lowest BCUT2D eigenvalue weighted by Gasteiger charge is -2.03. The monoisotopic (exact) mass is 241 g/mol. The van der Waals surface area contributed by atoms with E-state index in [0.29, 0.717) is 0 Å². The molecule has 4 heteroatoms. The molecule has 3 aromatic rings. The van der Waals surface area contributed by atoms with E-state index in [0.717, 1.165) is 22.4 Å². The fraction of sp³-hybridized carbons (Fsp3) is 0.0714. The number of hydrogen-bond donors (Lipinski definition) is 2. The van der Waals surface area contributed by atoms with Crippen molar-refractivity contribution in [3.63, 3.8) is 0 Å². The van der Waals surface area contributed by atoms with Crippen LogP contribution in [-0.4, -0.2) is 5.48 Å². The zero-order chi connectivity index (χ0) is 12.0. The molecule has 2 aromatic carbocycles. The summed E-state index contributed by atoms with van der Waals surface area (Å²) in [7, 11) is 2.03. The second-order valence-electron chi connectivity index (χ2n) is 4.34.